The third-order valence-corrected chi connectivity index (χ3v) is 1.55. The van der Waals surface area contributed by atoms with E-state index in [1.807, 2.05) is 0 Å². The van der Waals surface area contributed by atoms with Crippen molar-refractivity contribution in [2.24, 2.45) is 0 Å². The van der Waals surface area contributed by atoms with Crippen molar-refractivity contribution in [1.29, 1.82) is 0 Å². The quantitative estimate of drug-likeness (QED) is 0.608. The third-order valence-electron chi connectivity index (χ3n) is 0.669. The predicted octanol–water partition coefficient (Wildman–Crippen LogP) is 1.81. The number of nitrogens with zero attached hydrogens (tertiary/aromatic N) is 1. The van der Waals surface area contributed by atoms with E-state index in [0.717, 1.165) is 0 Å². The van der Waals surface area contributed by atoms with E-state index in [0.29, 0.717) is 10.2 Å². The number of methoxy groups -OCH3 is 1. The van der Waals surface area contributed by atoms with Gasteiger partial charge in [0.15, 0.2) is 0 Å². The highest BCUT2D eigenvalue weighted by Crippen LogP contribution is 2.20. The Morgan fingerprint density at radius 1 is 1.88 bits per heavy atom. The minimum absolute atomic E-state index is 0.583. The Kier molecular flexibility index (Phi) is 1.70. The van der Waals surface area contributed by atoms with Crippen molar-refractivity contribution in [2.45, 2.75) is 0 Å². The maximum atomic E-state index is 5.52. The van der Waals surface area contributed by atoms with Gasteiger partial charge in [-0.15, -0.1) is 0 Å². The molecule has 8 heavy (non-hydrogen) atoms. The minimum atomic E-state index is 0.583. The predicted molar refractivity (Wildman–Crippen MR) is 33.7 cm³/mol. The normalized spacial score (nSPS) is 9.25. The standard InChI is InChI=1S/C4H4ClNOS/c1-7-4-2-3(5)8-6-4/h2H,1H3. The Morgan fingerprint density at radius 2 is 2.62 bits per heavy atom. The summed E-state index contributed by atoms with van der Waals surface area (Å²) in [5, 5.41) is 0. The van der Waals surface area contributed by atoms with Crippen molar-refractivity contribution in [3.63, 3.8) is 0 Å². The monoisotopic (exact) mass is 149 g/mol. The second-order valence-electron chi connectivity index (χ2n) is 1.17. The number of halogens is 1. The lowest BCUT2D eigenvalue weighted by molar-refractivity contribution is 0.402. The summed E-state index contributed by atoms with van der Waals surface area (Å²) in [5.74, 6) is 0.583. The van der Waals surface area contributed by atoms with Gasteiger partial charge in [-0.05, 0) is 11.5 Å². The van der Waals surface area contributed by atoms with Crippen molar-refractivity contribution in [3.05, 3.63) is 10.4 Å². The van der Waals surface area contributed by atoms with E-state index in [9.17, 15) is 0 Å². The van der Waals surface area contributed by atoms with Crippen LogP contribution in [-0.2, 0) is 0 Å². The number of hydrogen-bond donors (Lipinski definition) is 0. The topological polar surface area (TPSA) is 22.1 Å². The van der Waals surface area contributed by atoms with Gasteiger partial charge < -0.3 is 4.74 Å². The molecule has 0 amide bonds. The Bertz CT molecular complexity index is 176. The number of rotatable bonds is 1. The molecule has 0 saturated heterocycles. The van der Waals surface area contributed by atoms with E-state index in [1.54, 1.807) is 13.2 Å². The minimum Gasteiger partial charge on any atom is -0.480 e. The summed E-state index contributed by atoms with van der Waals surface area (Å²) in [5.41, 5.74) is 0. The largest absolute Gasteiger partial charge is 0.480 e. The summed E-state index contributed by atoms with van der Waals surface area (Å²) in [6.45, 7) is 0. The van der Waals surface area contributed by atoms with Crippen molar-refractivity contribution < 1.29 is 4.74 Å². The van der Waals surface area contributed by atoms with Crippen molar-refractivity contribution in [2.75, 3.05) is 7.11 Å². The highest BCUT2D eigenvalue weighted by atomic mass is 35.5. The lowest BCUT2D eigenvalue weighted by Crippen LogP contribution is -1.78. The van der Waals surface area contributed by atoms with Gasteiger partial charge in [0.1, 0.15) is 4.34 Å². The van der Waals surface area contributed by atoms with E-state index in [2.05, 4.69) is 4.37 Å². The second kappa shape index (κ2) is 2.33. The molecule has 0 N–H and O–H groups in total. The lowest BCUT2D eigenvalue weighted by atomic mass is 10.7. The van der Waals surface area contributed by atoms with Crippen LogP contribution in [0, 0.1) is 0 Å². The van der Waals surface area contributed by atoms with Crippen LogP contribution in [-0.4, -0.2) is 11.5 Å². The van der Waals surface area contributed by atoms with Crippen LogP contribution in [0.25, 0.3) is 0 Å². The molecule has 0 fully saturated rings. The number of aromatic nitrogens is 1. The van der Waals surface area contributed by atoms with Crippen LogP contribution >= 0.6 is 23.1 Å². The van der Waals surface area contributed by atoms with Gasteiger partial charge in [0.2, 0.25) is 5.88 Å². The van der Waals surface area contributed by atoms with E-state index >= 15 is 0 Å². The Hall–Kier alpha value is -0.280. The first-order chi connectivity index (χ1) is 3.83. The molecule has 1 aromatic rings. The van der Waals surface area contributed by atoms with E-state index < -0.39 is 0 Å². The van der Waals surface area contributed by atoms with Gasteiger partial charge >= 0.3 is 0 Å². The molecule has 0 spiro atoms. The maximum Gasteiger partial charge on any atom is 0.226 e. The van der Waals surface area contributed by atoms with Crippen LogP contribution < -0.4 is 4.74 Å². The molecular formula is C4H4ClNOS. The molecule has 0 aliphatic carbocycles. The zero-order chi connectivity index (χ0) is 5.98. The summed E-state index contributed by atoms with van der Waals surface area (Å²) < 4.78 is 9.23. The first kappa shape index (κ1) is 5.85. The van der Waals surface area contributed by atoms with Gasteiger partial charge in [-0.1, -0.05) is 11.6 Å². The fraction of sp³-hybridized carbons (Fsp3) is 0.250. The first-order valence-electron chi connectivity index (χ1n) is 1.99. The summed E-state index contributed by atoms with van der Waals surface area (Å²) in [6, 6.07) is 1.67. The molecule has 1 heterocycles. The van der Waals surface area contributed by atoms with Crippen molar-refractivity contribution >= 4 is 23.1 Å². The highest BCUT2D eigenvalue weighted by Gasteiger charge is 1.94. The van der Waals surface area contributed by atoms with Gasteiger partial charge in [0.05, 0.1) is 7.11 Å². The van der Waals surface area contributed by atoms with E-state index in [1.165, 1.54) is 11.5 Å². The average Bonchev–Trinajstić information content (AvgIpc) is 2.14. The summed E-state index contributed by atoms with van der Waals surface area (Å²) in [4.78, 5) is 0. The molecule has 1 rings (SSSR count). The van der Waals surface area contributed by atoms with Gasteiger partial charge in [-0.3, -0.25) is 0 Å². The third kappa shape index (κ3) is 1.11. The molecular weight excluding hydrogens is 146 g/mol. The van der Waals surface area contributed by atoms with Crippen molar-refractivity contribution in [3.8, 4) is 5.88 Å². The molecule has 0 unspecified atom stereocenters. The van der Waals surface area contributed by atoms with Crippen LogP contribution in [0.15, 0.2) is 6.07 Å². The SMILES string of the molecule is COc1cc(Cl)sn1. The fourth-order valence-electron chi connectivity index (χ4n) is 0.335. The Morgan fingerprint density at radius 3 is 2.88 bits per heavy atom. The van der Waals surface area contributed by atoms with Crippen molar-refractivity contribution in [1.82, 2.24) is 4.37 Å². The molecule has 4 heteroatoms. The lowest BCUT2D eigenvalue weighted by Gasteiger charge is -1.84. The number of hydrogen-bond acceptors (Lipinski definition) is 3. The first-order valence-corrected chi connectivity index (χ1v) is 3.14. The van der Waals surface area contributed by atoms with E-state index in [-0.39, 0.29) is 0 Å². The van der Waals surface area contributed by atoms with Gasteiger partial charge in [-0.2, -0.15) is 4.37 Å². The smallest absolute Gasteiger partial charge is 0.226 e. The van der Waals surface area contributed by atoms with Crippen LogP contribution in [0.1, 0.15) is 0 Å². The molecule has 0 aromatic carbocycles. The summed E-state index contributed by atoms with van der Waals surface area (Å²) >= 11 is 6.73. The zero-order valence-corrected chi connectivity index (χ0v) is 5.79. The molecule has 0 radical (unpaired) electrons. The summed E-state index contributed by atoms with van der Waals surface area (Å²) in [7, 11) is 1.56. The molecule has 1 aromatic heterocycles. The Labute approximate surface area is 56.2 Å². The average molecular weight is 150 g/mol. The second-order valence-corrected chi connectivity index (χ2v) is 2.61. The van der Waals surface area contributed by atoms with Gasteiger partial charge in [0, 0.05) is 6.07 Å². The molecule has 44 valence electrons. The Balaban J connectivity index is 2.84. The maximum absolute atomic E-state index is 5.52. The zero-order valence-electron chi connectivity index (χ0n) is 4.22. The van der Waals surface area contributed by atoms with Crippen LogP contribution in [0.5, 0.6) is 5.88 Å². The molecule has 0 atom stereocenters. The van der Waals surface area contributed by atoms with Crippen LogP contribution in [0.3, 0.4) is 0 Å². The molecule has 0 aliphatic rings. The molecule has 0 bridgehead atoms. The number of ether oxygens (including phenoxy) is 1. The van der Waals surface area contributed by atoms with Gasteiger partial charge in [0.25, 0.3) is 0 Å². The fourth-order valence-corrected chi connectivity index (χ4v) is 0.989. The van der Waals surface area contributed by atoms with Gasteiger partial charge in [-0.25, -0.2) is 0 Å². The summed E-state index contributed by atoms with van der Waals surface area (Å²) in [6.07, 6.45) is 0. The van der Waals surface area contributed by atoms with Crippen LogP contribution in [0.2, 0.25) is 4.34 Å². The van der Waals surface area contributed by atoms with Crippen LogP contribution in [0.4, 0.5) is 0 Å². The molecule has 2 nitrogen and oxygen atoms in total. The highest BCUT2D eigenvalue weighted by molar-refractivity contribution is 7.10. The molecule has 0 aliphatic heterocycles. The molecule has 0 saturated carbocycles. The van der Waals surface area contributed by atoms with E-state index in [4.69, 9.17) is 16.3 Å².